The summed E-state index contributed by atoms with van der Waals surface area (Å²) in [5.74, 6) is 2.12. The zero-order chi connectivity index (χ0) is 34.7. The molecule has 0 saturated carbocycles. The predicted octanol–water partition coefficient (Wildman–Crippen LogP) is 17.1. The van der Waals surface area contributed by atoms with E-state index in [0.717, 1.165) is 24.3 Å². The van der Waals surface area contributed by atoms with Gasteiger partial charge in [-0.3, -0.25) is 0 Å². The lowest BCUT2D eigenvalue weighted by Crippen LogP contribution is -1.96. The molecule has 0 aliphatic carbocycles. The Labute approximate surface area is 307 Å². The fourth-order valence-electron chi connectivity index (χ4n) is 7.47. The molecule has 0 N–H and O–H groups in total. The molecule has 0 aromatic heterocycles. The Bertz CT molecular complexity index is 886. The van der Waals surface area contributed by atoms with Crippen LogP contribution in [0.4, 0.5) is 0 Å². The van der Waals surface area contributed by atoms with Crippen LogP contribution in [0, 0.1) is 0 Å². The first-order chi connectivity index (χ1) is 24.3. The second kappa shape index (κ2) is 33.4. The van der Waals surface area contributed by atoms with E-state index in [9.17, 15) is 0 Å². The average Bonchev–Trinajstić information content (AvgIpc) is 3.12. The van der Waals surface area contributed by atoms with Gasteiger partial charge in [-0.05, 0) is 48.9 Å². The molecule has 0 radical (unpaired) electrons. The number of ether oxygens (including phenoxy) is 1. The van der Waals surface area contributed by atoms with Gasteiger partial charge in [0.2, 0.25) is 0 Å². The zero-order valence-corrected chi connectivity index (χ0v) is 33.1. The number of unbranched alkanes of at least 4 members (excludes halogenated alkanes) is 30. The van der Waals surface area contributed by atoms with Gasteiger partial charge in [0.25, 0.3) is 0 Å². The maximum atomic E-state index is 6.60. The Balaban J connectivity index is 1.50. The Morgan fingerprint density at radius 3 is 0.776 bits per heavy atom. The van der Waals surface area contributed by atoms with Crippen molar-refractivity contribution < 1.29 is 4.74 Å². The quantitative estimate of drug-likeness (QED) is 0.0654. The number of rotatable bonds is 36. The molecular weight excluding hydrogens is 593 g/mol. The van der Waals surface area contributed by atoms with Gasteiger partial charge in [0.05, 0.1) is 0 Å². The minimum absolute atomic E-state index is 1.06. The van der Waals surface area contributed by atoms with E-state index in [2.05, 4.69) is 62.4 Å². The van der Waals surface area contributed by atoms with E-state index < -0.39 is 0 Å². The Kier molecular flexibility index (Phi) is 29.6. The summed E-state index contributed by atoms with van der Waals surface area (Å²) in [7, 11) is 0. The molecule has 0 heterocycles. The van der Waals surface area contributed by atoms with Crippen LogP contribution in [0.25, 0.3) is 0 Å². The first-order valence-corrected chi connectivity index (χ1v) is 22.2. The van der Waals surface area contributed by atoms with Gasteiger partial charge in [-0.25, -0.2) is 0 Å². The highest BCUT2D eigenvalue weighted by Gasteiger charge is 2.09. The summed E-state index contributed by atoms with van der Waals surface area (Å²) in [5, 5.41) is 0. The molecule has 2 aromatic carbocycles. The normalized spacial score (nSPS) is 11.4. The van der Waals surface area contributed by atoms with Crippen molar-refractivity contribution in [3.05, 3.63) is 59.7 Å². The van der Waals surface area contributed by atoms with Crippen molar-refractivity contribution >= 4 is 0 Å². The van der Waals surface area contributed by atoms with E-state index in [1.807, 2.05) is 0 Å². The van der Waals surface area contributed by atoms with Crippen LogP contribution >= 0.6 is 0 Å². The molecule has 2 aromatic rings. The molecule has 0 unspecified atom stereocenters. The highest BCUT2D eigenvalue weighted by atomic mass is 16.5. The highest BCUT2D eigenvalue weighted by molar-refractivity contribution is 5.41. The summed E-state index contributed by atoms with van der Waals surface area (Å²) in [6.07, 6.45) is 47.6. The van der Waals surface area contributed by atoms with Crippen molar-refractivity contribution in [3.8, 4) is 11.5 Å². The fraction of sp³-hybridized carbons (Fsp3) is 0.750. The van der Waals surface area contributed by atoms with Crippen molar-refractivity contribution in [2.75, 3.05) is 0 Å². The molecule has 1 nitrogen and oxygen atoms in total. The predicted molar refractivity (Wildman–Crippen MR) is 219 cm³/mol. The number of hydrogen-bond acceptors (Lipinski definition) is 1. The van der Waals surface area contributed by atoms with Crippen LogP contribution in [-0.4, -0.2) is 0 Å². The molecule has 0 aliphatic rings. The lowest BCUT2D eigenvalue weighted by atomic mass is 10.0. The summed E-state index contributed by atoms with van der Waals surface area (Å²) in [4.78, 5) is 0. The standard InChI is InChI=1S/C48H82O/c1-3-5-7-9-11-13-15-17-19-21-23-25-27-29-31-33-39-45-41-35-37-43-47(45)49-48-44-38-36-42-46(48)40-34-32-30-28-26-24-22-20-18-16-14-12-10-8-6-4-2/h35-38,41-44H,3-34,39-40H2,1-2H3. The van der Waals surface area contributed by atoms with Crippen LogP contribution in [0.5, 0.6) is 11.5 Å². The Hall–Kier alpha value is -1.76. The van der Waals surface area contributed by atoms with Crippen LogP contribution in [0.1, 0.15) is 230 Å². The lowest BCUT2D eigenvalue weighted by molar-refractivity contribution is 0.465. The summed E-state index contributed by atoms with van der Waals surface area (Å²) in [5.41, 5.74) is 2.73. The van der Waals surface area contributed by atoms with Crippen LogP contribution in [0.3, 0.4) is 0 Å². The summed E-state index contributed by atoms with van der Waals surface area (Å²) >= 11 is 0. The van der Waals surface area contributed by atoms with Gasteiger partial charge in [0, 0.05) is 0 Å². The first kappa shape index (κ1) is 43.4. The fourth-order valence-corrected chi connectivity index (χ4v) is 7.47. The lowest BCUT2D eigenvalue weighted by Gasteiger charge is -2.14. The van der Waals surface area contributed by atoms with Crippen LogP contribution in [0.2, 0.25) is 0 Å². The molecule has 0 fully saturated rings. The minimum atomic E-state index is 1.06. The second-order valence-corrected chi connectivity index (χ2v) is 15.4. The molecule has 0 bridgehead atoms. The zero-order valence-electron chi connectivity index (χ0n) is 33.1. The van der Waals surface area contributed by atoms with Crippen molar-refractivity contribution in [1.82, 2.24) is 0 Å². The van der Waals surface area contributed by atoms with Gasteiger partial charge >= 0.3 is 0 Å². The summed E-state index contributed by atoms with van der Waals surface area (Å²) in [6.45, 7) is 4.61. The van der Waals surface area contributed by atoms with E-state index in [0.29, 0.717) is 0 Å². The molecule has 0 atom stereocenters. The topological polar surface area (TPSA) is 9.23 Å². The molecule has 2 rings (SSSR count). The number of para-hydroxylation sites is 2. The molecule has 280 valence electrons. The third kappa shape index (κ3) is 24.9. The SMILES string of the molecule is CCCCCCCCCCCCCCCCCCc1ccccc1Oc1ccccc1CCCCCCCCCCCCCCCCCC. The first-order valence-electron chi connectivity index (χ1n) is 22.2. The third-order valence-electron chi connectivity index (χ3n) is 10.8. The number of benzene rings is 2. The van der Waals surface area contributed by atoms with Crippen LogP contribution in [0.15, 0.2) is 48.5 Å². The smallest absolute Gasteiger partial charge is 0.130 e. The van der Waals surface area contributed by atoms with Gasteiger partial charge in [-0.15, -0.1) is 0 Å². The molecule has 0 amide bonds. The van der Waals surface area contributed by atoms with E-state index in [1.54, 1.807) is 0 Å². The van der Waals surface area contributed by atoms with Crippen LogP contribution in [-0.2, 0) is 12.8 Å². The largest absolute Gasteiger partial charge is 0.457 e. The Morgan fingerprint density at radius 1 is 0.286 bits per heavy atom. The maximum absolute atomic E-state index is 6.60. The monoisotopic (exact) mass is 675 g/mol. The van der Waals surface area contributed by atoms with Crippen molar-refractivity contribution in [3.63, 3.8) is 0 Å². The van der Waals surface area contributed by atoms with E-state index in [1.165, 1.54) is 217 Å². The summed E-state index contributed by atoms with van der Waals surface area (Å²) in [6, 6.07) is 17.5. The minimum Gasteiger partial charge on any atom is -0.457 e. The van der Waals surface area contributed by atoms with Gasteiger partial charge in [-0.1, -0.05) is 243 Å². The Morgan fingerprint density at radius 2 is 0.510 bits per heavy atom. The molecule has 0 saturated heterocycles. The molecule has 1 heteroatoms. The van der Waals surface area contributed by atoms with E-state index in [4.69, 9.17) is 4.74 Å². The second-order valence-electron chi connectivity index (χ2n) is 15.4. The van der Waals surface area contributed by atoms with Gasteiger partial charge in [0.15, 0.2) is 0 Å². The van der Waals surface area contributed by atoms with E-state index >= 15 is 0 Å². The highest BCUT2D eigenvalue weighted by Crippen LogP contribution is 2.30. The average molecular weight is 675 g/mol. The van der Waals surface area contributed by atoms with E-state index in [-0.39, 0.29) is 0 Å². The van der Waals surface area contributed by atoms with Gasteiger partial charge < -0.3 is 4.74 Å². The number of hydrogen-bond donors (Lipinski definition) is 0. The molecule has 49 heavy (non-hydrogen) atoms. The molecule has 0 spiro atoms. The van der Waals surface area contributed by atoms with Gasteiger partial charge in [0.1, 0.15) is 11.5 Å². The van der Waals surface area contributed by atoms with Crippen molar-refractivity contribution in [1.29, 1.82) is 0 Å². The maximum Gasteiger partial charge on any atom is 0.130 e. The van der Waals surface area contributed by atoms with Crippen molar-refractivity contribution in [2.45, 2.75) is 232 Å². The van der Waals surface area contributed by atoms with Gasteiger partial charge in [-0.2, -0.15) is 0 Å². The van der Waals surface area contributed by atoms with Crippen LogP contribution < -0.4 is 4.74 Å². The summed E-state index contributed by atoms with van der Waals surface area (Å²) < 4.78 is 6.60. The third-order valence-corrected chi connectivity index (χ3v) is 10.8. The number of aryl methyl sites for hydroxylation is 2. The van der Waals surface area contributed by atoms with Crippen molar-refractivity contribution in [2.24, 2.45) is 0 Å². The molecular formula is C48H82O. The molecule has 0 aliphatic heterocycles.